The number of nitrogens with zero attached hydrogens (tertiary/aromatic N) is 2. The molecule has 0 aliphatic rings. The van der Waals surface area contributed by atoms with Crippen molar-refractivity contribution in [2.75, 3.05) is 5.73 Å². The summed E-state index contributed by atoms with van der Waals surface area (Å²) in [6.07, 6.45) is 0.815. The van der Waals surface area contributed by atoms with E-state index in [9.17, 15) is 15.3 Å². The van der Waals surface area contributed by atoms with Crippen LogP contribution in [0.4, 0.5) is 11.5 Å². The highest BCUT2D eigenvalue weighted by molar-refractivity contribution is 5.30. The van der Waals surface area contributed by atoms with Crippen LogP contribution in [-0.4, -0.2) is 4.92 Å². The third kappa shape index (κ3) is 1.34. The summed E-state index contributed by atoms with van der Waals surface area (Å²) in [5.41, 5.74) is 4.85. The summed E-state index contributed by atoms with van der Waals surface area (Å²) in [6.45, 7) is 0. The van der Waals surface area contributed by atoms with Gasteiger partial charge in [0.25, 0.3) is 5.82 Å². The molecule has 1 aromatic rings. The van der Waals surface area contributed by atoms with Crippen molar-refractivity contribution in [3.8, 4) is 0 Å². The van der Waals surface area contributed by atoms with Gasteiger partial charge in [-0.3, -0.25) is 15.8 Å². The third-order valence-corrected chi connectivity index (χ3v) is 1.14. The van der Waals surface area contributed by atoms with E-state index in [4.69, 9.17) is 5.73 Å². The highest BCUT2D eigenvalue weighted by Gasteiger charge is 2.07. The minimum Gasteiger partial charge on any atom is -0.710 e. The molecule has 11 heavy (non-hydrogen) atoms. The van der Waals surface area contributed by atoms with Gasteiger partial charge < -0.3 is 5.21 Å². The van der Waals surface area contributed by atoms with E-state index in [-0.39, 0.29) is 16.2 Å². The van der Waals surface area contributed by atoms with E-state index >= 15 is 0 Å². The quantitative estimate of drug-likeness (QED) is 0.263. The first-order valence-corrected chi connectivity index (χ1v) is 2.74. The second-order valence-corrected chi connectivity index (χ2v) is 1.90. The molecule has 0 spiro atoms. The number of pyridine rings is 1. The van der Waals surface area contributed by atoms with Gasteiger partial charge >= 0.3 is 5.69 Å². The van der Waals surface area contributed by atoms with Crippen LogP contribution in [0.15, 0.2) is 18.3 Å². The van der Waals surface area contributed by atoms with Gasteiger partial charge in [-0.1, -0.05) is 0 Å². The average molecular weight is 155 g/mol. The maximum absolute atomic E-state index is 10.6. The van der Waals surface area contributed by atoms with Crippen LogP contribution >= 0.6 is 0 Å². The molecule has 6 heteroatoms. The molecule has 0 atom stereocenters. The Hall–Kier alpha value is -1.85. The molecule has 2 N–H and O–H groups in total. The van der Waals surface area contributed by atoms with Gasteiger partial charge in [0, 0.05) is 12.1 Å². The molecule has 0 aromatic carbocycles. The van der Waals surface area contributed by atoms with Crippen molar-refractivity contribution in [2.24, 2.45) is 0 Å². The normalized spacial score (nSPS) is 9.45. The molecular formula is C5H5N3O3. The molecule has 0 unspecified atom stereocenters. The van der Waals surface area contributed by atoms with Gasteiger partial charge in [-0.15, -0.1) is 0 Å². The first-order valence-electron chi connectivity index (χ1n) is 2.74. The van der Waals surface area contributed by atoms with Crippen LogP contribution in [-0.2, 0) is 0 Å². The van der Waals surface area contributed by atoms with E-state index in [1.165, 1.54) is 12.1 Å². The van der Waals surface area contributed by atoms with Crippen molar-refractivity contribution in [1.82, 2.24) is 0 Å². The maximum Gasteiger partial charge on any atom is 0.308 e. The smallest absolute Gasteiger partial charge is 0.308 e. The van der Waals surface area contributed by atoms with Gasteiger partial charge in [0.15, 0.2) is 6.20 Å². The van der Waals surface area contributed by atoms with E-state index in [1.807, 2.05) is 0 Å². The monoisotopic (exact) mass is 155 g/mol. The van der Waals surface area contributed by atoms with Gasteiger partial charge in [0.2, 0.25) is 0 Å². The zero-order valence-corrected chi connectivity index (χ0v) is 5.43. The Labute approximate surface area is 61.6 Å². The fraction of sp³-hybridized carbons (Fsp3) is 0. The molecular weight excluding hydrogens is 150 g/mol. The zero-order valence-electron chi connectivity index (χ0n) is 5.43. The Bertz CT molecular complexity index is 299. The van der Waals surface area contributed by atoms with Crippen LogP contribution in [0.25, 0.3) is 0 Å². The average Bonchev–Trinajstić information content (AvgIpc) is 1.94. The molecule has 0 fully saturated rings. The predicted octanol–water partition coefficient (Wildman–Crippen LogP) is -0.190. The lowest BCUT2D eigenvalue weighted by Crippen LogP contribution is -2.29. The topological polar surface area (TPSA) is 96.1 Å². The number of anilines is 1. The first-order chi connectivity index (χ1) is 5.11. The van der Waals surface area contributed by atoms with E-state index in [1.54, 1.807) is 0 Å². The standard InChI is InChI=1S/C5H5N3O3/c6-5-2-1-4(8(10)11)3-7(5)9/h1-3H,6H2. The van der Waals surface area contributed by atoms with Crippen LogP contribution in [0.3, 0.4) is 0 Å². The zero-order chi connectivity index (χ0) is 8.43. The van der Waals surface area contributed by atoms with E-state index in [0.29, 0.717) is 0 Å². The lowest BCUT2D eigenvalue weighted by Gasteiger charge is -2.01. The largest absolute Gasteiger partial charge is 0.710 e. The van der Waals surface area contributed by atoms with Crippen molar-refractivity contribution in [2.45, 2.75) is 0 Å². The molecule has 58 valence electrons. The fourth-order valence-electron chi connectivity index (χ4n) is 0.590. The highest BCUT2D eigenvalue weighted by atomic mass is 16.6. The van der Waals surface area contributed by atoms with Crippen LogP contribution in [0.1, 0.15) is 0 Å². The number of aromatic nitrogens is 1. The Morgan fingerprint density at radius 2 is 2.18 bits per heavy atom. The number of nitrogen functional groups attached to an aromatic ring is 1. The lowest BCUT2D eigenvalue weighted by atomic mass is 10.4. The Kier molecular flexibility index (Phi) is 1.59. The molecule has 0 saturated heterocycles. The number of nitro groups is 1. The summed E-state index contributed by atoms with van der Waals surface area (Å²) in [6, 6.07) is 2.36. The Morgan fingerprint density at radius 1 is 1.55 bits per heavy atom. The van der Waals surface area contributed by atoms with Gasteiger partial charge in [-0.05, 0) is 0 Å². The molecule has 0 aliphatic heterocycles. The summed E-state index contributed by atoms with van der Waals surface area (Å²) in [7, 11) is 0. The number of hydrogen-bond acceptors (Lipinski definition) is 4. The molecule has 1 rings (SSSR count). The summed E-state index contributed by atoms with van der Waals surface area (Å²) in [4.78, 5) is 9.42. The van der Waals surface area contributed by atoms with E-state index < -0.39 is 4.92 Å². The SMILES string of the molecule is Nc1ccc([N+](=O)[O-])c[n+]1[O-]. The molecule has 1 heterocycles. The van der Waals surface area contributed by atoms with Crippen molar-refractivity contribution in [1.29, 1.82) is 0 Å². The summed E-state index contributed by atoms with van der Waals surface area (Å²) in [5, 5.41) is 20.7. The van der Waals surface area contributed by atoms with Crippen LogP contribution < -0.4 is 10.5 Å². The molecule has 0 radical (unpaired) electrons. The van der Waals surface area contributed by atoms with Crippen molar-refractivity contribution >= 4 is 11.5 Å². The molecule has 0 bridgehead atoms. The van der Waals surface area contributed by atoms with Gasteiger partial charge in [-0.2, -0.15) is 0 Å². The minimum absolute atomic E-state index is 0.0596. The summed E-state index contributed by atoms with van der Waals surface area (Å²) in [5.74, 6) is -0.0596. The first kappa shape index (κ1) is 7.26. The van der Waals surface area contributed by atoms with Gasteiger partial charge in [-0.25, -0.2) is 4.73 Å². The van der Waals surface area contributed by atoms with E-state index in [0.717, 1.165) is 6.20 Å². The van der Waals surface area contributed by atoms with Crippen molar-refractivity contribution < 1.29 is 9.65 Å². The lowest BCUT2D eigenvalue weighted by molar-refractivity contribution is -0.594. The molecule has 6 nitrogen and oxygen atoms in total. The summed E-state index contributed by atoms with van der Waals surface area (Å²) >= 11 is 0. The second-order valence-electron chi connectivity index (χ2n) is 1.90. The minimum atomic E-state index is -0.659. The molecule has 1 aromatic heterocycles. The third-order valence-electron chi connectivity index (χ3n) is 1.14. The molecule has 0 saturated carbocycles. The predicted molar refractivity (Wildman–Crippen MR) is 36.5 cm³/mol. The molecule has 0 amide bonds. The van der Waals surface area contributed by atoms with E-state index in [2.05, 4.69) is 0 Å². The highest BCUT2D eigenvalue weighted by Crippen LogP contribution is 2.07. The van der Waals surface area contributed by atoms with Crippen LogP contribution in [0.5, 0.6) is 0 Å². The number of hydrogen-bond donors (Lipinski definition) is 1. The second kappa shape index (κ2) is 2.41. The summed E-state index contributed by atoms with van der Waals surface area (Å²) < 4.78 is 0.248. The Balaban J connectivity index is 3.15. The van der Waals surface area contributed by atoms with Gasteiger partial charge in [0.05, 0.1) is 4.92 Å². The van der Waals surface area contributed by atoms with Gasteiger partial charge in [0.1, 0.15) is 0 Å². The Morgan fingerprint density at radius 3 is 2.64 bits per heavy atom. The van der Waals surface area contributed by atoms with Crippen LogP contribution in [0, 0.1) is 15.3 Å². The maximum atomic E-state index is 10.6. The van der Waals surface area contributed by atoms with Crippen molar-refractivity contribution in [3.63, 3.8) is 0 Å². The fourth-order valence-corrected chi connectivity index (χ4v) is 0.590. The van der Waals surface area contributed by atoms with Crippen molar-refractivity contribution in [3.05, 3.63) is 33.7 Å². The number of rotatable bonds is 1. The number of nitrogens with two attached hydrogens (primary N) is 1. The van der Waals surface area contributed by atoms with Crippen LogP contribution in [0.2, 0.25) is 0 Å². The molecule has 0 aliphatic carbocycles.